The molecule has 0 amide bonds. The van der Waals surface area contributed by atoms with E-state index in [2.05, 4.69) is 32.0 Å². The summed E-state index contributed by atoms with van der Waals surface area (Å²) in [7, 11) is 4.56. The number of quaternary nitrogens is 1. The van der Waals surface area contributed by atoms with Crippen LogP contribution in [0, 0.1) is 0 Å². The molecule has 0 N–H and O–H groups in total. The van der Waals surface area contributed by atoms with Crippen molar-refractivity contribution in [3.05, 3.63) is 11.6 Å². The molecule has 2 unspecified atom stereocenters. The zero-order valence-electron chi connectivity index (χ0n) is 27.1. The molecule has 0 saturated carbocycles. The van der Waals surface area contributed by atoms with Crippen molar-refractivity contribution in [3.63, 3.8) is 0 Å². The maximum atomic E-state index is 12.2. The van der Waals surface area contributed by atoms with Gasteiger partial charge in [-0.05, 0) is 26.2 Å². The molecule has 0 bridgehead atoms. The number of aliphatic imine (C=N–C) groups is 1. The van der Waals surface area contributed by atoms with Gasteiger partial charge in [0.25, 0.3) is 0 Å². The summed E-state index contributed by atoms with van der Waals surface area (Å²) in [5.74, 6) is -0.0389. The summed E-state index contributed by atoms with van der Waals surface area (Å²) in [5, 5.41) is 0. The van der Waals surface area contributed by atoms with Crippen LogP contribution in [-0.4, -0.2) is 70.5 Å². The van der Waals surface area contributed by atoms with E-state index in [1.807, 2.05) is 27.1 Å². The lowest BCUT2D eigenvalue weighted by Gasteiger charge is -2.42. The number of carbonyl (C=O) groups excluding carboxylic acids is 1. The van der Waals surface area contributed by atoms with E-state index in [1.165, 1.54) is 82.6 Å². The Morgan fingerprint density at radius 1 is 0.923 bits per heavy atom. The van der Waals surface area contributed by atoms with Crippen LogP contribution in [0.15, 0.2) is 16.6 Å². The standard InChI is InChI=1S/C24H45N2O2.C8H18O.CH3F/c1-5-7-8-9-10-11-12-13-14-18-23(28-24(27)16-6-2)26(4)19-15-17-22(21-26)20-25-3;1-3-5-6-7-8-9-4-2;1-2/h17,20,23H,5-16,18-19,21H2,1-4H3;3-8H2,1-2H3;1H3/q+1;;. The smallest absolute Gasteiger partial charge is 0.310 e. The minimum Gasteiger partial charge on any atom is -0.412 e. The van der Waals surface area contributed by atoms with Gasteiger partial charge in [0.2, 0.25) is 6.23 Å². The molecule has 6 heteroatoms. The van der Waals surface area contributed by atoms with E-state index >= 15 is 0 Å². The number of halogens is 1. The second-order valence-corrected chi connectivity index (χ2v) is 10.9. The van der Waals surface area contributed by atoms with Crippen molar-refractivity contribution in [2.75, 3.05) is 47.6 Å². The lowest BCUT2D eigenvalue weighted by Crippen LogP contribution is -2.56. The Hall–Kier alpha value is -1.27. The Bertz CT molecular complexity index is 591. The molecule has 1 aliphatic heterocycles. The molecule has 232 valence electrons. The average molecular weight is 558 g/mol. The van der Waals surface area contributed by atoms with Crippen LogP contribution < -0.4 is 0 Å². The number of esters is 1. The third kappa shape index (κ3) is 23.2. The second kappa shape index (κ2) is 29.7. The second-order valence-electron chi connectivity index (χ2n) is 10.9. The highest BCUT2D eigenvalue weighted by molar-refractivity contribution is 5.78. The maximum Gasteiger partial charge on any atom is 0.310 e. The molecular weight excluding hydrogens is 491 g/mol. The number of nitrogens with zero attached hydrogens (tertiary/aromatic N) is 2. The summed E-state index contributed by atoms with van der Waals surface area (Å²) in [6, 6.07) is 0. The minimum absolute atomic E-state index is 0.0300. The van der Waals surface area contributed by atoms with E-state index in [4.69, 9.17) is 9.47 Å². The fourth-order valence-corrected chi connectivity index (χ4v) is 4.93. The van der Waals surface area contributed by atoms with E-state index < -0.39 is 0 Å². The predicted octanol–water partition coefficient (Wildman–Crippen LogP) is 9.24. The fraction of sp³-hybridized carbons (Fsp3) is 0.879. The van der Waals surface area contributed by atoms with Gasteiger partial charge in [-0.3, -0.25) is 18.7 Å². The lowest BCUT2D eigenvalue weighted by atomic mass is 10.0. The third-order valence-corrected chi connectivity index (χ3v) is 7.20. The molecule has 2 atom stereocenters. The number of rotatable bonds is 21. The summed E-state index contributed by atoms with van der Waals surface area (Å²) >= 11 is 0. The highest BCUT2D eigenvalue weighted by Crippen LogP contribution is 2.25. The number of likely N-dealkylation sites (N-methyl/N-ethyl adjacent to an activating group) is 1. The summed E-state index contributed by atoms with van der Waals surface area (Å²) < 4.78 is 21.5. The summed E-state index contributed by atoms with van der Waals surface area (Å²) in [6.07, 6.45) is 24.7. The molecule has 0 spiro atoms. The van der Waals surface area contributed by atoms with E-state index in [0.717, 1.165) is 56.5 Å². The molecule has 0 aromatic rings. The highest BCUT2D eigenvalue weighted by atomic mass is 19.1. The number of ether oxygens (including phenoxy) is 2. The molecule has 5 nitrogen and oxygen atoms in total. The molecule has 1 heterocycles. The van der Waals surface area contributed by atoms with E-state index in [9.17, 15) is 9.18 Å². The van der Waals surface area contributed by atoms with Gasteiger partial charge in [-0.2, -0.15) is 0 Å². The molecule has 0 aliphatic carbocycles. The maximum absolute atomic E-state index is 12.2. The van der Waals surface area contributed by atoms with Gasteiger partial charge in [0, 0.05) is 51.3 Å². The first-order valence-electron chi connectivity index (χ1n) is 16.1. The molecule has 0 radical (unpaired) electrons. The molecule has 0 aromatic heterocycles. The van der Waals surface area contributed by atoms with Gasteiger partial charge < -0.3 is 9.47 Å². The predicted molar refractivity (Wildman–Crippen MR) is 167 cm³/mol. The van der Waals surface area contributed by atoms with Crippen LogP contribution in [0.25, 0.3) is 0 Å². The van der Waals surface area contributed by atoms with Crippen LogP contribution in [0.5, 0.6) is 0 Å². The van der Waals surface area contributed by atoms with Crippen LogP contribution in [0.1, 0.15) is 137 Å². The van der Waals surface area contributed by atoms with Gasteiger partial charge in [0.05, 0.1) is 20.8 Å². The lowest BCUT2D eigenvalue weighted by molar-refractivity contribution is -0.949. The molecule has 0 aromatic carbocycles. The zero-order chi connectivity index (χ0) is 29.6. The number of hydrogen-bond acceptors (Lipinski definition) is 4. The number of hydrogen-bond donors (Lipinski definition) is 0. The zero-order valence-corrected chi connectivity index (χ0v) is 27.1. The topological polar surface area (TPSA) is 47.9 Å². The molecular formula is C33H66FN2O3+. The molecule has 1 rings (SSSR count). The number of unbranched alkanes of at least 4 members (excludes halogenated alkanes) is 11. The highest BCUT2D eigenvalue weighted by Gasteiger charge is 2.37. The van der Waals surface area contributed by atoms with E-state index in [-0.39, 0.29) is 12.2 Å². The quantitative estimate of drug-likeness (QED) is 0.0611. The van der Waals surface area contributed by atoms with Crippen molar-refractivity contribution in [1.82, 2.24) is 0 Å². The molecule has 0 saturated heterocycles. The van der Waals surface area contributed by atoms with E-state index in [1.54, 1.807) is 0 Å². The van der Waals surface area contributed by atoms with Crippen molar-refractivity contribution in [2.45, 2.75) is 143 Å². The van der Waals surface area contributed by atoms with Crippen LogP contribution in [0.2, 0.25) is 0 Å². The summed E-state index contributed by atoms with van der Waals surface area (Å²) in [4.78, 5) is 16.4. The first-order valence-corrected chi connectivity index (χ1v) is 16.1. The molecule has 39 heavy (non-hydrogen) atoms. The fourth-order valence-electron chi connectivity index (χ4n) is 4.93. The average Bonchev–Trinajstić information content (AvgIpc) is 2.93. The van der Waals surface area contributed by atoms with Crippen LogP contribution >= 0.6 is 0 Å². The van der Waals surface area contributed by atoms with Gasteiger partial charge >= 0.3 is 5.97 Å². The van der Waals surface area contributed by atoms with Crippen molar-refractivity contribution in [2.24, 2.45) is 4.99 Å². The van der Waals surface area contributed by atoms with Gasteiger partial charge in [-0.15, -0.1) is 0 Å². The van der Waals surface area contributed by atoms with Gasteiger partial charge in [0.15, 0.2) is 0 Å². The largest absolute Gasteiger partial charge is 0.412 e. The van der Waals surface area contributed by atoms with Crippen LogP contribution in [-0.2, 0) is 14.3 Å². The van der Waals surface area contributed by atoms with Crippen molar-refractivity contribution < 1.29 is 23.1 Å². The molecule has 1 aliphatic rings. The Balaban J connectivity index is 0. The molecule has 0 fully saturated rings. The van der Waals surface area contributed by atoms with Crippen molar-refractivity contribution in [3.8, 4) is 0 Å². The normalized spacial score (nSPS) is 17.5. The Morgan fingerprint density at radius 2 is 1.49 bits per heavy atom. The van der Waals surface area contributed by atoms with Gasteiger partial charge in [-0.25, -0.2) is 0 Å². The van der Waals surface area contributed by atoms with Crippen molar-refractivity contribution >= 4 is 12.2 Å². The first kappa shape index (κ1) is 39.9. The summed E-state index contributed by atoms with van der Waals surface area (Å²) in [6.45, 7) is 12.3. The Kier molecular flexibility index (Phi) is 30.4. The number of alkyl halides is 1. The van der Waals surface area contributed by atoms with Crippen LogP contribution in [0.4, 0.5) is 4.39 Å². The Labute approximate surface area is 242 Å². The summed E-state index contributed by atoms with van der Waals surface area (Å²) in [5.41, 5.74) is 1.26. The van der Waals surface area contributed by atoms with Crippen molar-refractivity contribution in [1.29, 1.82) is 0 Å². The monoisotopic (exact) mass is 558 g/mol. The van der Waals surface area contributed by atoms with E-state index in [0.29, 0.717) is 13.6 Å². The van der Waals surface area contributed by atoms with Gasteiger partial charge in [-0.1, -0.05) is 97.5 Å². The van der Waals surface area contributed by atoms with Crippen LogP contribution in [0.3, 0.4) is 0 Å². The number of carbonyl (C=O) groups is 1. The Morgan fingerprint density at radius 3 is 2.03 bits per heavy atom. The first-order chi connectivity index (χ1) is 19.0. The minimum atomic E-state index is -0.0389. The van der Waals surface area contributed by atoms with Gasteiger partial charge in [0.1, 0.15) is 6.54 Å². The third-order valence-electron chi connectivity index (χ3n) is 7.20. The SMILES string of the molecule is CCCCCCCCCCCC(OC(=O)CCC)[N+]1(C)CCC=C(C=NC)C1.CCCCCCOCC.CF.